The van der Waals surface area contributed by atoms with E-state index in [2.05, 4.69) is 39.8 Å². The number of nitrogens with one attached hydrogen (secondary N) is 1. The molecule has 1 saturated heterocycles. The Hall–Kier alpha value is -2.06. The lowest BCUT2D eigenvalue weighted by atomic mass is 10.1. The fourth-order valence-corrected chi connectivity index (χ4v) is 4.87. The van der Waals surface area contributed by atoms with Gasteiger partial charge in [0.15, 0.2) is 5.13 Å². The van der Waals surface area contributed by atoms with Gasteiger partial charge in [0, 0.05) is 36.8 Å². The number of aromatic nitrogens is 3. The summed E-state index contributed by atoms with van der Waals surface area (Å²) in [5, 5.41) is 8.47. The highest BCUT2D eigenvalue weighted by molar-refractivity contribution is 7.98. The predicted octanol–water partition coefficient (Wildman–Crippen LogP) is 3.46. The first-order valence-electron chi connectivity index (χ1n) is 9.04. The van der Waals surface area contributed by atoms with Gasteiger partial charge in [-0.15, -0.1) is 11.8 Å². The third-order valence-electron chi connectivity index (χ3n) is 5.03. The minimum atomic E-state index is -0.0817. The highest BCUT2D eigenvalue weighted by atomic mass is 32.2. The minimum absolute atomic E-state index is 0.0817. The largest absolute Gasteiger partial charge is 0.348 e. The van der Waals surface area contributed by atoms with Crippen molar-refractivity contribution in [2.45, 2.75) is 30.7 Å². The van der Waals surface area contributed by atoms with Gasteiger partial charge in [0.25, 0.3) is 5.91 Å². The number of rotatable bonds is 4. The first-order chi connectivity index (χ1) is 13.0. The van der Waals surface area contributed by atoms with Crippen molar-refractivity contribution in [3.8, 4) is 0 Å². The summed E-state index contributed by atoms with van der Waals surface area (Å²) in [6.45, 7) is 3.76. The molecule has 1 aliphatic rings. The maximum atomic E-state index is 12.4. The zero-order chi connectivity index (χ0) is 19.0. The first kappa shape index (κ1) is 18.3. The Morgan fingerprint density at radius 2 is 2.07 bits per heavy atom. The molecular weight excluding hydrogens is 378 g/mol. The highest BCUT2D eigenvalue weighted by Gasteiger charge is 2.24. The average Bonchev–Trinajstić information content (AvgIpc) is 3.25. The number of nitrogens with zero attached hydrogens (tertiary/aromatic N) is 4. The number of benzene rings is 1. The van der Waals surface area contributed by atoms with Gasteiger partial charge < -0.3 is 10.2 Å². The fourth-order valence-electron chi connectivity index (χ4n) is 3.30. The molecule has 1 N–H and O–H groups in total. The zero-order valence-corrected chi connectivity index (χ0v) is 17.4. The number of fused-ring (bicyclic) bond motifs is 1. The smallest absolute Gasteiger partial charge is 0.272 e. The molecule has 1 amide bonds. The van der Waals surface area contributed by atoms with E-state index in [9.17, 15) is 4.79 Å². The van der Waals surface area contributed by atoms with Gasteiger partial charge in [-0.3, -0.25) is 9.48 Å². The number of amides is 1. The normalized spacial score (nSPS) is 15.4. The van der Waals surface area contributed by atoms with Crippen molar-refractivity contribution in [3.05, 3.63) is 35.7 Å². The molecule has 2 aromatic heterocycles. The minimum Gasteiger partial charge on any atom is -0.348 e. The molecule has 6 nitrogen and oxygen atoms in total. The number of carbonyl (C=O) groups is 1. The lowest BCUT2D eigenvalue weighted by Crippen LogP contribution is -2.44. The molecule has 0 radical (unpaired) electrons. The summed E-state index contributed by atoms with van der Waals surface area (Å²) in [6.07, 6.45) is 3.93. The Morgan fingerprint density at radius 3 is 2.74 bits per heavy atom. The zero-order valence-electron chi connectivity index (χ0n) is 15.7. The second kappa shape index (κ2) is 7.52. The van der Waals surface area contributed by atoms with Crippen LogP contribution in [0.2, 0.25) is 0 Å². The average molecular weight is 402 g/mol. The van der Waals surface area contributed by atoms with E-state index >= 15 is 0 Å². The third kappa shape index (κ3) is 3.82. The van der Waals surface area contributed by atoms with Crippen molar-refractivity contribution in [2.75, 3.05) is 24.2 Å². The summed E-state index contributed by atoms with van der Waals surface area (Å²) in [5.41, 5.74) is 2.54. The van der Waals surface area contributed by atoms with Gasteiger partial charge in [0.1, 0.15) is 5.69 Å². The summed E-state index contributed by atoms with van der Waals surface area (Å²) < 4.78 is 2.96. The van der Waals surface area contributed by atoms with Crippen molar-refractivity contribution in [1.29, 1.82) is 0 Å². The van der Waals surface area contributed by atoms with Crippen LogP contribution in [0.1, 0.15) is 29.0 Å². The van der Waals surface area contributed by atoms with Crippen molar-refractivity contribution >= 4 is 44.4 Å². The molecular formula is C19H23N5OS2. The summed E-state index contributed by atoms with van der Waals surface area (Å²) in [6, 6.07) is 8.45. The number of piperidine rings is 1. The van der Waals surface area contributed by atoms with E-state index in [1.54, 1.807) is 27.8 Å². The highest BCUT2D eigenvalue weighted by Crippen LogP contribution is 2.32. The number of carbonyl (C=O) groups excluding carboxylic acids is 1. The van der Waals surface area contributed by atoms with Gasteiger partial charge >= 0.3 is 0 Å². The van der Waals surface area contributed by atoms with Gasteiger partial charge in [-0.2, -0.15) is 5.10 Å². The van der Waals surface area contributed by atoms with E-state index in [0.29, 0.717) is 5.69 Å². The molecule has 0 spiro atoms. The van der Waals surface area contributed by atoms with Crippen LogP contribution in [0.5, 0.6) is 0 Å². The van der Waals surface area contributed by atoms with Gasteiger partial charge in [-0.05, 0) is 50.3 Å². The summed E-state index contributed by atoms with van der Waals surface area (Å²) in [5.74, 6) is -0.0817. The van der Waals surface area contributed by atoms with E-state index in [1.165, 1.54) is 9.60 Å². The fraction of sp³-hybridized carbons (Fsp3) is 0.421. The summed E-state index contributed by atoms with van der Waals surface area (Å²) in [7, 11) is 1.85. The number of hydrogen-bond acceptors (Lipinski definition) is 6. The summed E-state index contributed by atoms with van der Waals surface area (Å²) >= 11 is 3.50. The van der Waals surface area contributed by atoms with Crippen LogP contribution in [-0.2, 0) is 7.05 Å². The van der Waals surface area contributed by atoms with Crippen LogP contribution in [0.3, 0.4) is 0 Å². The van der Waals surface area contributed by atoms with Crippen LogP contribution in [0, 0.1) is 6.92 Å². The number of thiazole rings is 1. The van der Waals surface area contributed by atoms with E-state index in [0.717, 1.165) is 42.3 Å². The van der Waals surface area contributed by atoms with Crippen LogP contribution < -0.4 is 10.2 Å². The lowest BCUT2D eigenvalue weighted by molar-refractivity contribution is 0.0925. The van der Waals surface area contributed by atoms with Crippen LogP contribution in [-0.4, -0.2) is 46.1 Å². The Balaban J connectivity index is 1.38. The van der Waals surface area contributed by atoms with E-state index in [1.807, 2.05) is 20.0 Å². The molecule has 0 unspecified atom stereocenters. The molecule has 8 heteroatoms. The van der Waals surface area contributed by atoms with Gasteiger partial charge in [0.05, 0.1) is 10.2 Å². The molecule has 0 bridgehead atoms. The monoisotopic (exact) mass is 401 g/mol. The molecule has 1 aliphatic heterocycles. The van der Waals surface area contributed by atoms with Gasteiger partial charge in [0.2, 0.25) is 0 Å². The summed E-state index contributed by atoms with van der Waals surface area (Å²) in [4.78, 5) is 20.8. The van der Waals surface area contributed by atoms with Gasteiger partial charge in [-0.25, -0.2) is 4.98 Å². The van der Waals surface area contributed by atoms with E-state index in [-0.39, 0.29) is 11.9 Å². The van der Waals surface area contributed by atoms with Crippen LogP contribution >= 0.6 is 23.1 Å². The Kier molecular flexibility index (Phi) is 5.10. The van der Waals surface area contributed by atoms with Crippen molar-refractivity contribution in [1.82, 2.24) is 20.1 Å². The Morgan fingerprint density at radius 1 is 1.30 bits per heavy atom. The maximum absolute atomic E-state index is 12.4. The molecule has 3 aromatic rings. The second-order valence-corrected chi connectivity index (χ2v) is 8.75. The molecule has 0 saturated carbocycles. The van der Waals surface area contributed by atoms with Gasteiger partial charge in [-0.1, -0.05) is 11.3 Å². The molecule has 1 aromatic carbocycles. The molecule has 1 fully saturated rings. The number of thioether (sulfide) groups is 1. The molecule has 4 rings (SSSR count). The van der Waals surface area contributed by atoms with Crippen molar-refractivity contribution < 1.29 is 4.79 Å². The van der Waals surface area contributed by atoms with E-state index < -0.39 is 0 Å². The molecule has 3 heterocycles. The van der Waals surface area contributed by atoms with Crippen LogP contribution in [0.15, 0.2) is 29.2 Å². The standard InChI is InChI=1S/C19H23N5OS2/c1-12-10-16(22-23(12)2)18(25)20-13-6-8-24(9-7-13)19-21-15-5-4-14(26-3)11-17(15)27-19/h4-5,10-11,13H,6-9H2,1-3H3,(H,20,25). The predicted molar refractivity (Wildman–Crippen MR) is 112 cm³/mol. The van der Waals surface area contributed by atoms with E-state index in [4.69, 9.17) is 4.98 Å². The third-order valence-corrected chi connectivity index (χ3v) is 6.84. The Labute approximate surface area is 167 Å². The molecule has 0 atom stereocenters. The number of anilines is 1. The molecule has 27 heavy (non-hydrogen) atoms. The molecule has 142 valence electrons. The maximum Gasteiger partial charge on any atom is 0.272 e. The first-order valence-corrected chi connectivity index (χ1v) is 11.1. The SMILES string of the molecule is CSc1ccc2nc(N3CCC(NC(=O)c4cc(C)n(C)n4)CC3)sc2c1. The van der Waals surface area contributed by atoms with Crippen LogP contribution in [0.25, 0.3) is 10.2 Å². The number of aryl methyl sites for hydroxylation is 2. The Bertz CT molecular complexity index is 952. The number of hydrogen-bond donors (Lipinski definition) is 1. The van der Waals surface area contributed by atoms with Crippen molar-refractivity contribution in [2.24, 2.45) is 7.05 Å². The second-order valence-electron chi connectivity index (χ2n) is 6.86. The lowest BCUT2D eigenvalue weighted by Gasteiger charge is -2.31. The van der Waals surface area contributed by atoms with Crippen LogP contribution in [0.4, 0.5) is 5.13 Å². The van der Waals surface area contributed by atoms with Crippen molar-refractivity contribution in [3.63, 3.8) is 0 Å². The quantitative estimate of drug-likeness (QED) is 0.679. The molecule has 0 aliphatic carbocycles. The topological polar surface area (TPSA) is 63.1 Å².